The van der Waals surface area contributed by atoms with E-state index in [0.29, 0.717) is 23.4 Å². The summed E-state index contributed by atoms with van der Waals surface area (Å²) >= 11 is 5.95. The van der Waals surface area contributed by atoms with Crippen molar-refractivity contribution in [2.75, 3.05) is 23.3 Å². The van der Waals surface area contributed by atoms with Gasteiger partial charge in [0.15, 0.2) is 0 Å². The van der Waals surface area contributed by atoms with Crippen molar-refractivity contribution in [1.29, 1.82) is 0 Å². The van der Waals surface area contributed by atoms with Crippen molar-refractivity contribution in [1.82, 2.24) is 15.0 Å². The molecule has 18 heavy (non-hydrogen) atoms. The van der Waals surface area contributed by atoms with E-state index in [1.165, 1.54) is 0 Å². The maximum Gasteiger partial charge on any atom is 0.231 e. The van der Waals surface area contributed by atoms with Crippen LogP contribution in [-0.4, -0.2) is 34.1 Å². The molecule has 1 unspecified atom stereocenters. The zero-order valence-electron chi connectivity index (χ0n) is 11.4. The largest absolute Gasteiger partial charge is 0.351 e. The fourth-order valence-corrected chi connectivity index (χ4v) is 2.08. The molecule has 0 radical (unpaired) electrons. The molecule has 0 spiro atoms. The smallest absolute Gasteiger partial charge is 0.231 e. The van der Waals surface area contributed by atoms with Gasteiger partial charge in [-0.15, -0.1) is 0 Å². The Morgan fingerprint density at radius 1 is 1.28 bits per heavy atom. The Balaban J connectivity index is 2.16. The molecule has 100 valence electrons. The van der Waals surface area contributed by atoms with E-state index < -0.39 is 0 Å². The second kappa shape index (κ2) is 4.88. The predicted octanol–water partition coefficient (Wildman–Crippen LogP) is 2.58. The van der Waals surface area contributed by atoms with E-state index in [2.05, 4.69) is 52.9 Å². The second-order valence-corrected chi connectivity index (χ2v) is 5.63. The Hall–Kier alpha value is -1.10. The summed E-state index contributed by atoms with van der Waals surface area (Å²) in [6, 6.07) is 0.431. The third-order valence-corrected chi connectivity index (χ3v) is 3.63. The van der Waals surface area contributed by atoms with Gasteiger partial charge < -0.3 is 10.2 Å². The molecular formula is C12H20ClN5. The van der Waals surface area contributed by atoms with Crippen LogP contribution in [-0.2, 0) is 0 Å². The minimum atomic E-state index is 0.243. The molecule has 0 saturated heterocycles. The third-order valence-electron chi connectivity index (χ3n) is 3.46. The molecule has 6 heteroatoms. The Bertz CT molecular complexity index is 430. The summed E-state index contributed by atoms with van der Waals surface area (Å²) in [6.45, 7) is 10.3. The topological polar surface area (TPSA) is 53.9 Å². The predicted molar refractivity (Wildman–Crippen MR) is 74.2 cm³/mol. The normalized spacial score (nSPS) is 20.6. The highest BCUT2D eigenvalue weighted by molar-refractivity contribution is 6.28. The number of nitrogens with zero attached hydrogens (tertiary/aromatic N) is 4. The first-order chi connectivity index (χ1) is 8.46. The standard InChI is InChI=1S/C12H20ClN5/c1-5-18(6-2)11-16-9(13)15-10(17-11)14-8-7-12(8,3)4/h8H,5-7H2,1-4H3,(H,14,15,16,17). The molecule has 0 aromatic carbocycles. The van der Waals surface area contributed by atoms with Gasteiger partial charge in [-0.25, -0.2) is 0 Å². The van der Waals surface area contributed by atoms with Gasteiger partial charge in [-0.1, -0.05) is 13.8 Å². The van der Waals surface area contributed by atoms with Crippen LogP contribution in [0.5, 0.6) is 0 Å². The first-order valence-corrected chi connectivity index (χ1v) is 6.77. The van der Waals surface area contributed by atoms with Gasteiger partial charge in [0.1, 0.15) is 0 Å². The van der Waals surface area contributed by atoms with E-state index in [0.717, 1.165) is 19.5 Å². The van der Waals surface area contributed by atoms with Crippen molar-refractivity contribution in [2.24, 2.45) is 5.41 Å². The van der Waals surface area contributed by atoms with Crippen LogP contribution in [0.4, 0.5) is 11.9 Å². The molecule has 1 saturated carbocycles. The van der Waals surface area contributed by atoms with Gasteiger partial charge in [-0.3, -0.25) is 0 Å². The van der Waals surface area contributed by atoms with Crippen LogP contribution >= 0.6 is 11.6 Å². The summed E-state index contributed by atoms with van der Waals surface area (Å²) in [4.78, 5) is 14.8. The van der Waals surface area contributed by atoms with E-state index >= 15 is 0 Å². The molecule has 0 aliphatic heterocycles. The zero-order chi connectivity index (χ0) is 13.3. The first kappa shape index (κ1) is 13.3. The van der Waals surface area contributed by atoms with E-state index in [-0.39, 0.29) is 5.28 Å². The molecule has 1 aliphatic rings. The number of anilines is 2. The van der Waals surface area contributed by atoms with Crippen LogP contribution in [0.25, 0.3) is 0 Å². The van der Waals surface area contributed by atoms with Crippen LogP contribution in [0, 0.1) is 5.41 Å². The Morgan fingerprint density at radius 2 is 1.89 bits per heavy atom. The average Bonchev–Trinajstić information content (AvgIpc) is 2.86. The van der Waals surface area contributed by atoms with Gasteiger partial charge in [-0.05, 0) is 37.3 Å². The van der Waals surface area contributed by atoms with E-state index in [1.807, 2.05) is 0 Å². The zero-order valence-corrected chi connectivity index (χ0v) is 12.1. The molecule has 1 aromatic heterocycles. The lowest BCUT2D eigenvalue weighted by Crippen LogP contribution is -2.25. The van der Waals surface area contributed by atoms with Crippen molar-refractivity contribution in [3.05, 3.63) is 5.28 Å². The van der Waals surface area contributed by atoms with Crippen molar-refractivity contribution in [3.63, 3.8) is 0 Å². The molecule has 1 atom stereocenters. The van der Waals surface area contributed by atoms with Gasteiger partial charge >= 0.3 is 0 Å². The number of nitrogens with one attached hydrogen (secondary N) is 1. The van der Waals surface area contributed by atoms with Crippen molar-refractivity contribution >= 4 is 23.5 Å². The molecule has 1 N–H and O–H groups in total. The van der Waals surface area contributed by atoms with Gasteiger partial charge in [0, 0.05) is 19.1 Å². The van der Waals surface area contributed by atoms with Crippen LogP contribution in [0.1, 0.15) is 34.1 Å². The fourth-order valence-electron chi connectivity index (χ4n) is 1.92. The lowest BCUT2D eigenvalue weighted by molar-refractivity contribution is 0.628. The van der Waals surface area contributed by atoms with Crippen molar-refractivity contribution in [3.8, 4) is 0 Å². The quantitative estimate of drug-likeness (QED) is 0.890. The molecule has 5 nitrogen and oxygen atoms in total. The number of halogens is 1. The van der Waals surface area contributed by atoms with Crippen LogP contribution in [0.3, 0.4) is 0 Å². The lowest BCUT2D eigenvalue weighted by atomic mass is 10.2. The highest BCUT2D eigenvalue weighted by Crippen LogP contribution is 2.46. The molecule has 1 aromatic rings. The minimum Gasteiger partial charge on any atom is -0.351 e. The number of rotatable bonds is 5. The van der Waals surface area contributed by atoms with Crippen molar-refractivity contribution in [2.45, 2.75) is 40.2 Å². The highest BCUT2D eigenvalue weighted by Gasteiger charge is 2.46. The minimum absolute atomic E-state index is 0.243. The molecule has 2 rings (SSSR count). The Morgan fingerprint density at radius 3 is 2.39 bits per heavy atom. The fraction of sp³-hybridized carbons (Fsp3) is 0.750. The van der Waals surface area contributed by atoms with E-state index in [4.69, 9.17) is 11.6 Å². The van der Waals surface area contributed by atoms with Crippen LogP contribution in [0.2, 0.25) is 5.28 Å². The molecule has 1 aliphatic carbocycles. The summed E-state index contributed by atoms with van der Waals surface area (Å²) in [5.74, 6) is 1.22. The monoisotopic (exact) mass is 269 g/mol. The maximum atomic E-state index is 5.95. The number of hydrogen-bond donors (Lipinski definition) is 1. The molecule has 1 heterocycles. The molecule has 0 amide bonds. The summed E-state index contributed by atoms with van der Waals surface area (Å²) in [7, 11) is 0. The summed E-state index contributed by atoms with van der Waals surface area (Å²) in [5, 5.41) is 3.56. The molecule has 1 fully saturated rings. The second-order valence-electron chi connectivity index (χ2n) is 5.29. The number of hydrogen-bond acceptors (Lipinski definition) is 5. The van der Waals surface area contributed by atoms with E-state index in [1.54, 1.807) is 0 Å². The first-order valence-electron chi connectivity index (χ1n) is 6.39. The Kier molecular flexibility index (Phi) is 3.61. The third kappa shape index (κ3) is 2.83. The van der Waals surface area contributed by atoms with Gasteiger partial charge in [0.25, 0.3) is 0 Å². The summed E-state index contributed by atoms with van der Waals surface area (Å²) in [5.41, 5.74) is 0.328. The molecular weight excluding hydrogens is 250 g/mol. The van der Waals surface area contributed by atoms with Crippen molar-refractivity contribution < 1.29 is 0 Å². The Labute approximate surface area is 113 Å². The number of aromatic nitrogens is 3. The summed E-state index contributed by atoms with van der Waals surface area (Å²) in [6.07, 6.45) is 1.14. The van der Waals surface area contributed by atoms with Gasteiger partial charge in [0.05, 0.1) is 0 Å². The maximum absolute atomic E-state index is 5.95. The lowest BCUT2D eigenvalue weighted by Gasteiger charge is -2.19. The van der Waals surface area contributed by atoms with E-state index in [9.17, 15) is 0 Å². The average molecular weight is 270 g/mol. The SMILES string of the molecule is CCN(CC)c1nc(Cl)nc(NC2CC2(C)C)n1. The van der Waals surface area contributed by atoms with Gasteiger partial charge in [0.2, 0.25) is 17.2 Å². The van der Waals surface area contributed by atoms with Crippen LogP contribution in [0.15, 0.2) is 0 Å². The van der Waals surface area contributed by atoms with Crippen LogP contribution < -0.4 is 10.2 Å². The highest BCUT2D eigenvalue weighted by atomic mass is 35.5. The van der Waals surface area contributed by atoms with Gasteiger partial charge in [-0.2, -0.15) is 15.0 Å². The summed E-state index contributed by atoms with van der Waals surface area (Å²) < 4.78 is 0. The molecule has 0 bridgehead atoms.